The molecule has 13 heteroatoms. The molecule has 0 radical (unpaired) electrons. The van der Waals surface area contributed by atoms with Gasteiger partial charge in [0.25, 0.3) is 9.05 Å². The summed E-state index contributed by atoms with van der Waals surface area (Å²) < 4.78 is 42.7. The van der Waals surface area contributed by atoms with Crippen molar-refractivity contribution in [2.45, 2.75) is 4.90 Å². The highest BCUT2D eigenvalue weighted by molar-refractivity contribution is 8.13. The molecular formula is C14H13Cl2O9S2-. The van der Waals surface area contributed by atoms with Gasteiger partial charge in [0.2, 0.25) is 0 Å². The van der Waals surface area contributed by atoms with Crippen LogP contribution in [-0.4, -0.2) is 39.3 Å². The third-order valence-corrected chi connectivity index (χ3v) is 4.20. The van der Waals surface area contributed by atoms with Crippen molar-refractivity contribution in [3.63, 3.8) is 0 Å². The van der Waals surface area contributed by atoms with E-state index in [1.54, 1.807) is 30.3 Å². The summed E-state index contributed by atoms with van der Waals surface area (Å²) in [5, 5.41) is 16.9. The third kappa shape index (κ3) is 11.3. The van der Waals surface area contributed by atoms with Crippen LogP contribution in [0.4, 0.5) is 0 Å². The second-order valence-electron chi connectivity index (χ2n) is 4.21. The van der Waals surface area contributed by atoms with Crippen molar-refractivity contribution in [3.8, 4) is 0 Å². The molecular weight excluding hydrogens is 447 g/mol. The molecule has 0 bridgehead atoms. The molecule has 1 unspecified atom stereocenters. The Morgan fingerprint density at radius 2 is 1.44 bits per heavy atom. The van der Waals surface area contributed by atoms with Gasteiger partial charge in [-0.1, -0.05) is 24.3 Å². The van der Waals surface area contributed by atoms with E-state index in [1.165, 1.54) is 18.2 Å². The number of carbonyl (C=O) groups is 2. The largest absolute Gasteiger partial charge is 0.749 e. The van der Waals surface area contributed by atoms with Crippen molar-refractivity contribution in [2.75, 3.05) is 0 Å². The molecule has 0 saturated carbocycles. The number of carboxylic acid groups (broad SMARTS) is 2. The SMILES string of the molecule is O=C(O)c1cccc(S(=O)(=O)Cl)c1.O=C(O)c1ccccc1.O=S([O-])OCl.[2HH]. The zero-order chi connectivity index (χ0) is 21.0. The summed E-state index contributed by atoms with van der Waals surface area (Å²) in [6, 6.07) is 13.1. The van der Waals surface area contributed by atoms with Crippen molar-refractivity contribution < 1.29 is 42.1 Å². The zero-order valence-corrected chi connectivity index (χ0v) is 16.2. The number of hydrogen-bond donors (Lipinski definition) is 2. The fourth-order valence-corrected chi connectivity index (χ4v) is 2.16. The molecule has 0 fully saturated rings. The molecule has 27 heavy (non-hydrogen) atoms. The van der Waals surface area contributed by atoms with Crippen LogP contribution < -0.4 is 0 Å². The summed E-state index contributed by atoms with van der Waals surface area (Å²) >= 11 is 1.67. The van der Waals surface area contributed by atoms with Crippen LogP contribution in [0.3, 0.4) is 0 Å². The van der Waals surface area contributed by atoms with E-state index in [-0.39, 0.29) is 11.9 Å². The summed E-state index contributed by atoms with van der Waals surface area (Å²) in [7, 11) is 1.16. The fourth-order valence-electron chi connectivity index (χ4n) is 1.36. The standard InChI is InChI=1S/C7H5ClO4S.C7H6O2.ClHO3S.H2/c8-13(11,12)6-3-1-2-5(4-6)7(9)10;8-7(9)6-4-2-1-3-5-6;1-4-5(2)3;/h1-4H,(H,9,10);1-5H,(H,8,9);(H,2,3);1H/p-1/i;;;1+1. The smallest absolute Gasteiger partial charge is 0.335 e. The minimum atomic E-state index is -3.85. The van der Waals surface area contributed by atoms with Crippen LogP contribution in [0.2, 0.25) is 0 Å². The van der Waals surface area contributed by atoms with Crippen molar-refractivity contribution in [1.82, 2.24) is 0 Å². The highest BCUT2D eigenvalue weighted by Gasteiger charge is 2.12. The highest BCUT2D eigenvalue weighted by atomic mass is 35.7. The number of benzene rings is 2. The maximum Gasteiger partial charge on any atom is 0.335 e. The van der Waals surface area contributed by atoms with Gasteiger partial charge in [0.05, 0.1) is 27.9 Å². The van der Waals surface area contributed by atoms with Gasteiger partial charge >= 0.3 is 11.9 Å². The van der Waals surface area contributed by atoms with E-state index in [9.17, 15) is 18.0 Å². The molecule has 0 heterocycles. The molecule has 2 aromatic carbocycles. The fraction of sp³-hybridized carbons (Fsp3) is 0. The first-order valence-electron chi connectivity index (χ1n) is 6.43. The lowest BCUT2D eigenvalue weighted by Gasteiger charge is -1.97. The maximum atomic E-state index is 10.8. The van der Waals surface area contributed by atoms with E-state index in [1.807, 2.05) is 0 Å². The second-order valence-corrected chi connectivity index (χ2v) is 7.69. The molecule has 0 aromatic heterocycles. The quantitative estimate of drug-likeness (QED) is 0.516. The molecule has 2 N–H and O–H groups in total. The van der Waals surface area contributed by atoms with Crippen molar-refractivity contribution in [3.05, 3.63) is 65.7 Å². The van der Waals surface area contributed by atoms with E-state index in [0.717, 1.165) is 6.07 Å². The van der Waals surface area contributed by atoms with Gasteiger partial charge < -0.3 is 14.8 Å². The molecule has 0 aliphatic rings. The monoisotopic (exact) mass is 460 g/mol. The van der Waals surface area contributed by atoms with E-state index in [4.69, 9.17) is 29.7 Å². The predicted molar refractivity (Wildman–Crippen MR) is 97.8 cm³/mol. The summed E-state index contributed by atoms with van der Waals surface area (Å²) in [4.78, 5) is 20.4. The molecule has 0 aliphatic carbocycles. The lowest BCUT2D eigenvalue weighted by molar-refractivity contribution is 0.0686. The first-order valence-corrected chi connectivity index (χ1v) is 10.1. The topological polar surface area (TPSA) is 158 Å². The highest BCUT2D eigenvalue weighted by Crippen LogP contribution is 2.15. The molecule has 1 atom stereocenters. The average Bonchev–Trinajstić information content (AvgIpc) is 2.63. The lowest BCUT2D eigenvalue weighted by atomic mass is 10.2. The summed E-state index contributed by atoms with van der Waals surface area (Å²) in [5.41, 5.74) is 0.222. The van der Waals surface area contributed by atoms with Crippen LogP contribution in [0, 0.1) is 0 Å². The van der Waals surface area contributed by atoms with Crippen LogP contribution in [-0.2, 0) is 24.1 Å². The number of rotatable bonds is 4. The minimum absolute atomic E-state index is 0. The van der Waals surface area contributed by atoms with Gasteiger partial charge in [-0.05, 0) is 30.3 Å². The van der Waals surface area contributed by atoms with Gasteiger partial charge in [-0.15, -0.1) is 0 Å². The van der Waals surface area contributed by atoms with E-state index >= 15 is 0 Å². The van der Waals surface area contributed by atoms with Crippen LogP contribution in [0.1, 0.15) is 22.1 Å². The maximum absolute atomic E-state index is 10.8. The zero-order valence-electron chi connectivity index (χ0n) is 13.0. The minimum Gasteiger partial charge on any atom is -0.749 e. The Bertz CT molecular complexity index is 893. The van der Waals surface area contributed by atoms with Crippen LogP contribution >= 0.6 is 22.5 Å². The molecule has 0 aliphatic heterocycles. The number of halogens is 2. The van der Waals surface area contributed by atoms with Crippen LogP contribution in [0.5, 0.6) is 0 Å². The Morgan fingerprint density at radius 3 is 1.78 bits per heavy atom. The Kier molecular flexibility index (Phi) is 11.5. The number of aromatic carboxylic acids is 2. The number of carboxylic acids is 2. The lowest BCUT2D eigenvalue weighted by Crippen LogP contribution is -1.98. The van der Waals surface area contributed by atoms with Crippen molar-refractivity contribution >= 4 is 54.9 Å². The number of hydrogen-bond acceptors (Lipinski definition) is 7. The van der Waals surface area contributed by atoms with Crippen LogP contribution in [0.25, 0.3) is 0 Å². The molecule has 0 spiro atoms. The molecule has 0 amide bonds. The Balaban J connectivity index is 0. The van der Waals surface area contributed by atoms with E-state index in [0.29, 0.717) is 5.56 Å². The first kappa shape index (κ1) is 25.0. The Hall–Kier alpha value is -2.02. The summed E-state index contributed by atoms with van der Waals surface area (Å²) in [5.74, 6) is -2.07. The average molecular weight is 461 g/mol. The molecule has 150 valence electrons. The van der Waals surface area contributed by atoms with Crippen molar-refractivity contribution in [1.29, 1.82) is 0 Å². The van der Waals surface area contributed by atoms with E-state index < -0.39 is 32.4 Å². The normalized spacial score (nSPS) is 11.1. The Labute approximate surface area is 167 Å². The van der Waals surface area contributed by atoms with E-state index in [2.05, 4.69) is 15.6 Å². The Morgan fingerprint density at radius 1 is 1.00 bits per heavy atom. The van der Waals surface area contributed by atoms with Crippen molar-refractivity contribution in [2.24, 2.45) is 0 Å². The first-order chi connectivity index (χ1) is 12.5. The van der Waals surface area contributed by atoms with Crippen LogP contribution in [0.15, 0.2) is 59.5 Å². The third-order valence-electron chi connectivity index (χ3n) is 2.43. The summed E-state index contributed by atoms with van der Waals surface area (Å²) in [6.45, 7) is 0. The van der Waals surface area contributed by atoms with Gasteiger partial charge in [-0.25, -0.2) is 22.2 Å². The molecule has 0 saturated heterocycles. The summed E-state index contributed by atoms with van der Waals surface area (Å²) in [6.07, 6.45) is 0. The predicted octanol–water partition coefficient (Wildman–Crippen LogP) is 2.89. The molecule has 2 rings (SSSR count). The molecule has 9 nitrogen and oxygen atoms in total. The second kappa shape index (κ2) is 12.4. The van der Waals surface area contributed by atoms with Gasteiger partial charge in [0.15, 0.2) is 0 Å². The van der Waals surface area contributed by atoms with Gasteiger partial charge in [-0.3, -0.25) is 0 Å². The van der Waals surface area contributed by atoms with Gasteiger partial charge in [0.1, 0.15) is 11.4 Å². The van der Waals surface area contributed by atoms with Gasteiger partial charge in [-0.2, -0.15) is 3.74 Å². The van der Waals surface area contributed by atoms with Gasteiger partial charge in [0, 0.05) is 12.1 Å². The molecule has 2 aromatic rings.